The number of fused-ring (bicyclic) bond motifs is 3. The van der Waals surface area contributed by atoms with E-state index in [1.807, 2.05) is 18.2 Å². The van der Waals surface area contributed by atoms with E-state index in [1.165, 1.54) is 6.08 Å². The van der Waals surface area contributed by atoms with Crippen LogP contribution in [0.15, 0.2) is 66.6 Å². The first-order valence-electron chi connectivity index (χ1n) is 9.12. The monoisotopic (exact) mass is 410 g/mol. The highest BCUT2D eigenvalue weighted by atomic mass is 35.5. The standard InChI is InChI=1S/C22H19ClN2O4/c1-2-9-25-19(26)11-17-16-8-7-15(28-12-13-3-5-14(23)6-4-13)10-18(16)29-21(24)20(17)22(25)27/h2-8,10,17H,1,9,11-12,24H2. The number of piperidine rings is 1. The first kappa shape index (κ1) is 19.1. The summed E-state index contributed by atoms with van der Waals surface area (Å²) in [4.78, 5) is 26.3. The number of likely N-dealkylation sites (tertiary alicyclic amines) is 1. The van der Waals surface area contributed by atoms with E-state index >= 15 is 0 Å². The fourth-order valence-corrected chi connectivity index (χ4v) is 3.68. The Morgan fingerprint density at radius 1 is 1.24 bits per heavy atom. The maximum atomic E-state index is 12.7. The summed E-state index contributed by atoms with van der Waals surface area (Å²) in [5.74, 6) is -0.0157. The Kier molecular flexibility index (Phi) is 5.03. The van der Waals surface area contributed by atoms with Gasteiger partial charge in [0.25, 0.3) is 5.91 Å². The zero-order valence-corrected chi connectivity index (χ0v) is 16.3. The van der Waals surface area contributed by atoms with Crippen LogP contribution in [0.4, 0.5) is 0 Å². The molecule has 1 saturated heterocycles. The van der Waals surface area contributed by atoms with Crippen LogP contribution in [0.2, 0.25) is 5.02 Å². The van der Waals surface area contributed by atoms with Crippen LogP contribution in [0.3, 0.4) is 0 Å². The van der Waals surface area contributed by atoms with E-state index in [4.69, 9.17) is 26.8 Å². The molecule has 0 spiro atoms. The lowest BCUT2D eigenvalue weighted by molar-refractivity contribution is -0.144. The fourth-order valence-electron chi connectivity index (χ4n) is 3.55. The van der Waals surface area contributed by atoms with Crippen molar-refractivity contribution in [3.8, 4) is 11.5 Å². The second kappa shape index (κ2) is 7.64. The molecule has 2 amide bonds. The summed E-state index contributed by atoms with van der Waals surface area (Å²) in [7, 11) is 0. The molecule has 0 bridgehead atoms. The second-order valence-electron chi connectivity index (χ2n) is 6.85. The molecule has 0 radical (unpaired) electrons. The molecule has 1 unspecified atom stereocenters. The van der Waals surface area contributed by atoms with Gasteiger partial charge in [0.15, 0.2) is 5.88 Å². The molecule has 2 aliphatic heterocycles. The van der Waals surface area contributed by atoms with Crippen molar-refractivity contribution < 1.29 is 19.1 Å². The van der Waals surface area contributed by atoms with E-state index in [2.05, 4.69) is 6.58 Å². The minimum Gasteiger partial charge on any atom is -0.489 e. The number of rotatable bonds is 5. The van der Waals surface area contributed by atoms with Crippen molar-refractivity contribution in [2.24, 2.45) is 5.73 Å². The molecule has 29 heavy (non-hydrogen) atoms. The smallest absolute Gasteiger partial charge is 0.262 e. The van der Waals surface area contributed by atoms with E-state index in [0.717, 1.165) is 16.0 Å². The summed E-state index contributed by atoms with van der Waals surface area (Å²) in [5, 5.41) is 0.664. The van der Waals surface area contributed by atoms with Crippen molar-refractivity contribution in [3.63, 3.8) is 0 Å². The van der Waals surface area contributed by atoms with Gasteiger partial charge in [-0.05, 0) is 23.8 Å². The molecule has 7 heteroatoms. The molecule has 148 valence electrons. The van der Waals surface area contributed by atoms with Crippen molar-refractivity contribution in [1.82, 2.24) is 4.90 Å². The third-order valence-corrected chi connectivity index (χ3v) is 5.23. The lowest BCUT2D eigenvalue weighted by Gasteiger charge is -2.35. The number of hydrogen-bond acceptors (Lipinski definition) is 5. The zero-order chi connectivity index (χ0) is 20.5. The number of amides is 2. The Labute approximate surface area is 173 Å². The third kappa shape index (κ3) is 3.59. The number of halogens is 1. The number of hydrogen-bond donors (Lipinski definition) is 1. The molecule has 2 aromatic carbocycles. The Balaban J connectivity index is 1.57. The summed E-state index contributed by atoms with van der Waals surface area (Å²) in [5.41, 5.74) is 8.08. The average molecular weight is 411 g/mol. The molecule has 2 heterocycles. The van der Waals surface area contributed by atoms with Gasteiger partial charge >= 0.3 is 0 Å². The number of ether oxygens (including phenoxy) is 2. The van der Waals surface area contributed by atoms with Crippen molar-refractivity contribution in [3.05, 3.63) is 82.7 Å². The average Bonchev–Trinajstić information content (AvgIpc) is 2.70. The number of nitrogens with zero attached hydrogens (tertiary/aromatic N) is 1. The lowest BCUT2D eigenvalue weighted by Crippen LogP contribution is -2.46. The molecular formula is C22H19ClN2O4. The highest BCUT2D eigenvalue weighted by Crippen LogP contribution is 2.44. The molecule has 0 aliphatic carbocycles. The van der Waals surface area contributed by atoms with E-state index in [0.29, 0.717) is 28.7 Å². The largest absolute Gasteiger partial charge is 0.489 e. The summed E-state index contributed by atoms with van der Waals surface area (Å²) < 4.78 is 11.5. The predicted molar refractivity (Wildman–Crippen MR) is 108 cm³/mol. The van der Waals surface area contributed by atoms with Crippen LogP contribution in [0.5, 0.6) is 11.5 Å². The van der Waals surface area contributed by atoms with Crippen LogP contribution in [0.25, 0.3) is 0 Å². The van der Waals surface area contributed by atoms with E-state index in [1.54, 1.807) is 24.3 Å². The van der Waals surface area contributed by atoms with E-state index in [9.17, 15) is 9.59 Å². The molecule has 2 N–H and O–H groups in total. The number of benzene rings is 2. The molecule has 2 aromatic rings. The van der Waals surface area contributed by atoms with Gasteiger partial charge in [0, 0.05) is 35.5 Å². The molecule has 1 atom stereocenters. The van der Waals surface area contributed by atoms with Crippen LogP contribution in [-0.4, -0.2) is 23.3 Å². The Morgan fingerprint density at radius 2 is 2.00 bits per heavy atom. The van der Waals surface area contributed by atoms with Gasteiger partial charge < -0.3 is 15.2 Å². The molecule has 1 fully saturated rings. The highest BCUT2D eigenvalue weighted by Gasteiger charge is 2.43. The van der Waals surface area contributed by atoms with Crippen LogP contribution < -0.4 is 15.2 Å². The van der Waals surface area contributed by atoms with Crippen molar-refractivity contribution in [2.45, 2.75) is 18.9 Å². The summed E-state index contributed by atoms with van der Waals surface area (Å²) in [6.45, 7) is 4.10. The molecule has 6 nitrogen and oxygen atoms in total. The Morgan fingerprint density at radius 3 is 2.72 bits per heavy atom. The highest BCUT2D eigenvalue weighted by molar-refractivity contribution is 6.30. The molecule has 2 aliphatic rings. The SMILES string of the molecule is C=CCN1C(=O)CC2C(=C(N)Oc3cc(OCc4ccc(Cl)cc4)ccc32)C1=O. The van der Waals surface area contributed by atoms with Gasteiger partial charge in [0.05, 0.1) is 5.57 Å². The molecule has 0 saturated carbocycles. The third-order valence-electron chi connectivity index (χ3n) is 4.98. The normalized spacial score (nSPS) is 18.1. The summed E-state index contributed by atoms with van der Waals surface area (Å²) >= 11 is 5.90. The van der Waals surface area contributed by atoms with Crippen LogP contribution in [-0.2, 0) is 16.2 Å². The van der Waals surface area contributed by atoms with Gasteiger partial charge in [0.1, 0.15) is 18.1 Å². The topological polar surface area (TPSA) is 81.9 Å². The summed E-state index contributed by atoms with van der Waals surface area (Å²) in [6, 6.07) is 12.7. The first-order chi connectivity index (χ1) is 14.0. The maximum Gasteiger partial charge on any atom is 0.262 e. The molecule has 0 aromatic heterocycles. The number of carbonyl (C=O) groups excluding carboxylic acids is 2. The van der Waals surface area contributed by atoms with Gasteiger partial charge in [0.2, 0.25) is 5.91 Å². The van der Waals surface area contributed by atoms with Crippen LogP contribution in [0, 0.1) is 0 Å². The maximum absolute atomic E-state index is 12.7. The Hall–Kier alpha value is -3.25. The van der Waals surface area contributed by atoms with Gasteiger partial charge in [-0.2, -0.15) is 0 Å². The van der Waals surface area contributed by atoms with Gasteiger partial charge in [-0.25, -0.2) is 0 Å². The predicted octanol–water partition coefficient (Wildman–Crippen LogP) is 3.51. The van der Waals surface area contributed by atoms with Crippen molar-refractivity contribution >= 4 is 23.4 Å². The Bertz CT molecular complexity index is 1030. The minimum atomic E-state index is -0.433. The van der Waals surface area contributed by atoms with Gasteiger partial charge in [-0.1, -0.05) is 35.9 Å². The van der Waals surface area contributed by atoms with E-state index in [-0.39, 0.29) is 24.8 Å². The molecular weight excluding hydrogens is 392 g/mol. The van der Waals surface area contributed by atoms with Crippen molar-refractivity contribution in [2.75, 3.05) is 6.54 Å². The van der Waals surface area contributed by atoms with Crippen molar-refractivity contribution in [1.29, 1.82) is 0 Å². The van der Waals surface area contributed by atoms with Crippen LogP contribution >= 0.6 is 11.6 Å². The number of nitrogens with two attached hydrogens (primary N) is 1. The molecule has 4 rings (SSSR count). The minimum absolute atomic E-state index is 0.0175. The number of imide groups is 1. The van der Waals surface area contributed by atoms with Gasteiger partial charge in [-0.3, -0.25) is 14.5 Å². The van der Waals surface area contributed by atoms with Crippen LogP contribution in [0.1, 0.15) is 23.5 Å². The van der Waals surface area contributed by atoms with E-state index < -0.39 is 11.8 Å². The number of carbonyl (C=O) groups is 2. The summed E-state index contributed by atoms with van der Waals surface area (Å²) in [6.07, 6.45) is 1.66. The van der Waals surface area contributed by atoms with Gasteiger partial charge in [-0.15, -0.1) is 6.58 Å². The lowest BCUT2D eigenvalue weighted by atomic mass is 9.82. The quantitative estimate of drug-likeness (QED) is 0.602. The first-order valence-corrected chi connectivity index (χ1v) is 9.50. The zero-order valence-electron chi connectivity index (χ0n) is 15.6. The second-order valence-corrected chi connectivity index (χ2v) is 7.29. The fraction of sp³-hybridized carbons (Fsp3) is 0.182.